The van der Waals surface area contributed by atoms with Gasteiger partial charge in [-0.25, -0.2) is 0 Å². The topological polar surface area (TPSA) is 96.7 Å². The number of nitrogens with one attached hydrogen (secondary N) is 2. The first kappa shape index (κ1) is 14.9. The third-order valence-electron chi connectivity index (χ3n) is 4.93. The van der Waals surface area contributed by atoms with E-state index in [0.717, 1.165) is 35.1 Å². The highest BCUT2D eigenvalue weighted by molar-refractivity contribution is 5.89. The van der Waals surface area contributed by atoms with Crippen molar-refractivity contribution in [1.82, 2.24) is 25.9 Å². The highest BCUT2D eigenvalue weighted by atomic mass is 16.3. The van der Waals surface area contributed by atoms with Crippen molar-refractivity contribution < 1.29 is 9.21 Å². The maximum atomic E-state index is 12.9. The van der Waals surface area contributed by atoms with Crippen LogP contribution in [0.25, 0.3) is 11.0 Å². The van der Waals surface area contributed by atoms with Crippen molar-refractivity contribution in [2.24, 2.45) is 5.92 Å². The lowest BCUT2D eigenvalue weighted by atomic mass is 9.61. The SMILES string of the molecule is Cc1oc2ccccc2c1CNC(=O)C1(c2nn[nH]n2)CC(C)C1. The number of rotatable bonds is 4. The van der Waals surface area contributed by atoms with Gasteiger partial charge in [-0.05, 0) is 31.7 Å². The summed E-state index contributed by atoms with van der Waals surface area (Å²) in [6, 6.07) is 7.85. The van der Waals surface area contributed by atoms with E-state index in [2.05, 4.69) is 32.9 Å². The number of H-pyrrole nitrogens is 1. The number of fused-ring (bicyclic) bond motifs is 1. The minimum absolute atomic E-state index is 0.0494. The lowest BCUT2D eigenvalue weighted by Crippen LogP contribution is -2.53. The molecule has 1 amide bonds. The Hall–Kier alpha value is -2.70. The Morgan fingerprint density at radius 1 is 1.42 bits per heavy atom. The number of hydrogen-bond acceptors (Lipinski definition) is 5. The van der Waals surface area contributed by atoms with Crippen LogP contribution in [0.5, 0.6) is 0 Å². The van der Waals surface area contributed by atoms with Gasteiger partial charge in [-0.3, -0.25) is 4.79 Å². The molecule has 0 unspecified atom stereocenters. The van der Waals surface area contributed by atoms with Crippen LogP contribution in [0, 0.1) is 12.8 Å². The number of benzene rings is 1. The van der Waals surface area contributed by atoms with Gasteiger partial charge in [0.15, 0.2) is 5.82 Å². The van der Waals surface area contributed by atoms with E-state index in [0.29, 0.717) is 18.3 Å². The number of aromatic amines is 1. The summed E-state index contributed by atoms with van der Waals surface area (Å²) in [7, 11) is 0. The van der Waals surface area contributed by atoms with Gasteiger partial charge < -0.3 is 9.73 Å². The molecule has 24 heavy (non-hydrogen) atoms. The monoisotopic (exact) mass is 325 g/mol. The third kappa shape index (κ3) is 2.19. The zero-order valence-corrected chi connectivity index (χ0v) is 13.7. The van der Waals surface area contributed by atoms with Crippen LogP contribution in [0.1, 0.15) is 36.9 Å². The van der Waals surface area contributed by atoms with E-state index in [1.807, 2.05) is 31.2 Å². The predicted octanol–water partition coefficient (Wildman–Crippen LogP) is 2.24. The van der Waals surface area contributed by atoms with Crippen molar-refractivity contribution in [2.75, 3.05) is 0 Å². The Labute approximate surface area is 138 Å². The largest absolute Gasteiger partial charge is 0.461 e. The Morgan fingerprint density at radius 3 is 2.92 bits per heavy atom. The molecule has 0 saturated heterocycles. The molecule has 0 aliphatic heterocycles. The number of carbonyl (C=O) groups is 1. The fourth-order valence-electron chi connectivity index (χ4n) is 3.74. The van der Waals surface area contributed by atoms with E-state index < -0.39 is 5.41 Å². The molecule has 1 aliphatic rings. The van der Waals surface area contributed by atoms with Gasteiger partial charge in [-0.2, -0.15) is 5.21 Å². The van der Waals surface area contributed by atoms with Crippen molar-refractivity contribution in [2.45, 2.75) is 38.6 Å². The number of furan rings is 1. The fourth-order valence-corrected chi connectivity index (χ4v) is 3.74. The normalized spacial score (nSPS) is 23.2. The van der Waals surface area contributed by atoms with Gasteiger partial charge in [-0.15, -0.1) is 10.2 Å². The zero-order chi connectivity index (χ0) is 16.7. The average molecular weight is 325 g/mol. The van der Waals surface area contributed by atoms with Crippen LogP contribution in [0.4, 0.5) is 0 Å². The molecule has 1 saturated carbocycles. The van der Waals surface area contributed by atoms with Crippen LogP contribution >= 0.6 is 0 Å². The average Bonchev–Trinajstić information content (AvgIpc) is 3.17. The first-order chi connectivity index (χ1) is 11.6. The van der Waals surface area contributed by atoms with Gasteiger partial charge in [0.1, 0.15) is 16.8 Å². The summed E-state index contributed by atoms with van der Waals surface area (Å²) >= 11 is 0. The van der Waals surface area contributed by atoms with Crippen LogP contribution in [-0.2, 0) is 16.8 Å². The van der Waals surface area contributed by atoms with Crippen LogP contribution in [-0.4, -0.2) is 26.5 Å². The summed E-state index contributed by atoms with van der Waals surface area (Å²) in [4.78, 5) is 12.9. The summed E-state index contributed by atoms with van der Waals surface area (Å²) in [6.07, 6.45) is 1.48. The summed E-state index contributed by atoms with van der Waals surface area (Å²) in [5.41, 5.74) is 1.18. The van der Waals surface area contributed by atoms with Crippen LogP contribution in [0.15, 0.2) is 28.7 Å². The molecule has 2 aromatic heterocycles. The molecule has 1 aliphatic carbocycles. The smallest absolute Gasteiger partial charge is 0.234 e. The van der Waals surface area contributed by atoms with Gasteiger partial charge in [0.2, 0.25) is 5.91 Å². The van der Waals surface area contributed by atoms with Gasteiger partial charge in [0.05, 0.1) is 0 Å². The number of aromatic nitrogens is 4. The molecule has 0 atom stereocenters. The minimum atomic E-state index is -0.667. The van der Waals surface area contributed by atoms with Crippen LogP contribution in [0.3, 0.4) is 0 Å². The van der Waals surface area contributed by atoms with E-state index in [4.69, 9.17) is 4.42 Å². The van der Waals surface area contributed by atoms with Crippen LogP contribution in [0.2, 0.25) is 0 Å². The Bertz CT molecular complexity index is 878. The highest BCUT2D eigenvalue weighted by Gasteiger charge is 2.52. The molecule has 4 rings (SSSR count). The number of tetrazole rings is 1. The molecule has 7 nitrogen and oxygen atoms in total. The zero-order valence-electron chi connectivity index (χ0n) is 13.7. The minimum Gasteiger partial charge on any atom is -0.461 e. The molecule has 7 heteroatoms. The quantitative estimate of drug-likeness (QED) is 0.767. The van der Waals surface area contributed by atoms with Crippen LogP contribution < -0.4 is 5.32 Å². The first-order valence-electron chi connectivity index (χ1n) is 8.09. The number of aryl methyl sites for hydroxylation is 1. The van der Waals surface area contributed by atoms with Gasteiger partial charge >= 0.3 is 0 Å². The molecule has 124 valence electrons. The second kappa shape index (κ2) is 5.43. The highest BCUT2D eigenvalue weighted by Crippen LogP contribution is 2.46. The maximum absolute atomic E-state index is 12.9. The number of carbonyl (C=O) groups excluding carboxylic acids is 1. The summed E-state index contributed by atoms with van der Waals surface area (Å²) < 4.78 is 5.76. The van der Waals surface area contributed by atoms with E-state index in [-0.39, 0.29) is 5.91 Å². The van der Waals surface area contributed by atoms with Gasteiger partial charge in [0, 0.05) is 17.5 Å². The third-order valence-corrected chi connectivity index (χ3v) is 4.93. The lowest BCUT2D eigenvalue weighted by Gasteiger charge is -2.42. The molecule has 0 spiro atoms. The van der Waals surface area contributed by atoms with Crippen molar-refractivity contribution in [1.29, 1.82) is 0 Å². The molecule has 2 N–H and O–H groups in total. The number of amides is 1. The fraction of sp³-hybridized carbons (Fsp3) is 0.412. The molecule has 2 heterocycles. The molecular weight excluding hydrogens is 306 g/mol. The Kier molecular flexibility index (Phi) is 3.37. The van der Waals surface area contributed by atoms with Gasteiger partial charge in [0.25, 0.3) is 0 Å². The maximum Gasteiger partial charge on any atom is 0.234 e. The summed E-state index contributed by atoms with van der Waals surface area (Å²) in [5, 5.41) is 18.2. The second-order valence-corrected chi connectivity index (χ2v) is 6.65. The van der Waals surface area contributed by atoms with E-state index >= 15 is 0 Å². The van der Waals surface area contributed by atoms with E-state index in [9.17, 15) is 4.79 Å². The van der Waals surface area contributed by atoms with Crippen molar-refractivity contribution in [3.63, 3.8) is 0 Å². The molecule has 0 radical (unpaired) electrons. The number of nitrogens with zero attached hydrogens (tertiary/aromatic N) is 3. The standard InChI is InChI=1S/C17H19N5O2/c1-10-7-17(8-10,15-19-21-22-20-15)16(23)18-9-13-11(2)24-14-6-4-3-5-12(13)14/h3-6,10H,7-9H2,1-2H3,(H,18,23)(H,19,20,21,22). The Balaban J connectivity index is 1.57. The predicted molar refractivity (Wildman–Crippen MR) is 87.1 cm³/mol. The van der Waals surface area contributed by atoms with Gasteiger partial charge in [-0.1, -0.05) is 30.3 Å². The molecular formula is C17H19N5O2. The summed E-state index contributed by atoms with van der Waals surface area (Å²) in [6.45, 7) is 4.47. The lowest BCUT2D eigenvalue weighted by molar-refractivity contribution is -0.132. The Morgan fingerprint density at radius 2 is 2.21 bits per heavy atom. The van der Waals surface area contributed by atoms with Crippen molar-refractivity contribution in [3.8, 4) is 0 Å². The molecule has 1 fully saturated rings. The van der Waals surface area contributed by atoms with E-state index in [1.165, 1.54) is 0 Å². The second-order valence-electron chi connectivity index (χ2n) is 6.65. The van der Waals surface area contributed by atoms with E-state index in [1.54, 1.807) is 0 Å². The number of para-hydroxylation sites is 1. The first-order valence-corrected chi connectivity index (χ1v) is 8.09. The molecule has 3 aromatic rings. The summed E-state index contributed by atoms with van der Waals surface area (Å²) in [5.74, 6) is 1.73. The van der Waals surface area contributed by atoms with Crippen molar-refractivity contribution >= 4 is 16.9 Å². The van der Waals surface area contributed by atoms with Crippen molar-refractivity contribution in [3.05, 3.63) is 41.4 Å². The number of hydrogen-bond donors (Lipinski definition) is 2. The molecule has 1 aromatic carbocycles. The molecule has 0 bridgehead atoms.